The molecule has 4 heteroatoms. The van der Waals surface area contributed by atoms with Gasteiger partial charge in [-0.15, -0.1) is 11.6 Å². The molecule has 10 heavy (non-hydrogen) atoms. The standard InChI is InChI=1S/C6H15ClNO.H2O/c1-8(2,3)5-6(9)4-7;/h6,9H,4-5H2,1-3H3;1H2/q+1;/p-1/t6-;/m0./s1. The summed E-state index contributed by atoms with van der Waals surface area (Å²) in [4.78, 5) is 0. The largest absolute Gasteiger partial charge is 0.870 e. The van der Waals surface area contributed by atoms with E-state index in [-0.39, 0.29) is 11.6 Å². The van der Waals surface area contributed by atoms with E-state index in [4.69, 9.17) is 16.7 Å². The van der Waals surface area contributed by atoms with Crippen molar-refractivity contribution in [3.05, 3.63) is 0 Å². The van der Waals surface area contributed by atoms with E-state index in [2.05, 4.69) is 0 Å². The van der Waals surface area contributed by atoms with Crippen molar-refractivity contribution in [2.45, 2.75) is 6.10 Å². The van der Waals surface area contributed by atoms with E-state index in [1.54, 1.807) is 0 Å². The summed E-state index contributed by atoms with van der Waals surface area (Å²) in [6.45, 7) is 0.712. The fourth-order valence-corrected chi connectivity index (χ4v) is 0.779. The predicted molar refractivity (Wildman–Crippen MR) is 41.6 cm³/mol. The van der Waals surface area contributed by atoms with Gasteiger partial charge in [-0.3, -0.25) is 0 Å². The SMILES string of the molecule is C[N+](C)(C)C[C@@H](O)CCl.[OH-]. The fraction of sp³-hybridized carbons (Fsp3) is 1.00. The molecule has 0 heterocycles. The molecule has 0 aliphatic rings. The second kappa shape index (κ2) is 4.91. The Kier molecular flexibility index (Phi) is 6.29. The minimum absolute atomic E-state index is 0. The molecule has 0 saturated carbocycles. The Bertz CT molecular complexity index is 82.3. The number of aliphatic hydroxyl groups is 1. The first-order valence-corrected chi connectivity index (χ1v) is 3.53. The van der Waals surface area contributed by atoms with Crippen LogP contribution < -0.4 is 0 Å². The molecule has 0 aromatic carbocycles. The van der Waals surface area contributed by atoms with Gasteiger partial charge >= 0.3 is 0 Å². The maximum absolute atomic E-state index is 9.05. The quantitative estimate of drug-likeness (QED) is 0.482. The van der Waals surface area contributed by atoms with Gasteiger partial charge in [-0.2, -0.15) is 0 Å². The number of likely N-dealkylation sites (N-methyl/N-ethyl adjacent to an activating group) is 1. The Balaban J connectivity index is 0. The van der Waals surface area contributed by atoms with Crippen LogP contribution in [0.1, 0.15) is 0 Å². The van der Waals surface area contributed by atoms with Crippen LogP contribution in [-0.4, -0.2) is 54.7 Å². The van der Waals surface area contributed by atoms with Crippen LogP contribution in [0.5, 0.6) is 0 Å². The fourth-order valence-electron chi connectivity index (χ4n) is 0.681. The summed E-state index contributed by atoms with van der Waals surface area (Å²) in [5.74, 6) is 0.329. The summed E-state index contributed by atoms with van der Waals surface area (Å²) in [6.07, 6.45) is -0.369. The topological polar surface area (TPSA) is 50.2 Å². The van der Waals surface area contributed by atoms with Crippen LogP contribution in [0.15, 0.2) is 0 Å². The van der Waals surface area contributed by atoms with Gasteiger partial charge in [0.15, 0.2) is 0 Å². The highest BCUT2D eigenvalue weighted by atomic mass is 35.5. The van der Waals surface area contributed by atoms with Crippen LogP contribution in [0.3, 0.4) is 0 Å². The lowest BCUT2D eigenvalue weighted by molar-refractivity contribution is -0.873. The van der Waals surface area contributed by atoms with Crippen molar-refractivity contribution in [1.29, 1.82) is 0 Å². The minimum atomic E-state index is -0.369. The third-order valence-electron chi connectivity index (χ3n) is 0.937. The zero-order valence-corrected chi connectivity index (χ0v) is 7.47. The van der Waals surface area contributed by atoms with E-state index in [1.165, 1.54) is 0 Å². The molecule has 0 aromatic rings. The highest BCUT2D eigenvalue weighted by molar-refractivity contribution is 6.18. The maximum Gasteiger partial charge on any atom is 0.116 e. The zero-order chi connectivity index (χ0) is 7.49. The summed E-state index contributed by atoms with van der Waals surface area (Å²) in [5.41, 5.74) is 0. The lowest BCUT2D eigenvalue weighted by Gasteiger charge is -2.25. The van der Waals surface area contributed by atoms with E-state index in [9.17, 15) is 0 Å². The smallest absolute Gasteiger partial charge is 0.116 e. The molecular weight excluding hydrogens is 154 g/mol. The summed E-state index contributed by atoms with van der Waals surface area (Å²) >= 11 is 5.40. The first-order chi connectivity index (χ1) is 3.95. The summed E-state index contributed by atoms with van der Waals surface area (Å²) < 4.78 is 0.758. The highest BCUT2D eigenvalue weighted by Gasteiger charge is 2.13. The molecule has 0 aliphatic heterocycles. The van der Waals surface area contributed by atoms with Crippen molar-refractivity contribution in [2.24, 2.45) is 0 Å². The number of rotatable bonds is 3. The molecule has 0 amide bonds. The van der Waals surface area contributed by atoms with Crippen LogP contribution in [0.2, 0.25) is 0 Å². The number of halogens is 1. The Hall–Kier alpha value is 0.170. The molecule has 0 aromatic heterocycles. The first kappa shape index (κ1) is 12.8. The van der Waals surface area contributed by atoms with Crippen LogP contribution in [0.25, 0.3) is 0 Å². The molecule has 0 radical (unpaired) electrons. The Morgan fingerprint density at radius 1 is 1.40 bits per heavy atom. The molecule has 0 aliphatic carbocycles. The molecule has 0 bridgehead atoms. The molecular formula is C6H16ClNO2. The number of quaternary nitrogens is 1. The van der Waals surface area contributed by atoms with Crippen molar-refractivity contribution in [3.63, 3.8) is 0 Å². The number of alkyl halides is 1. The van der Waals surface area contributed by atoms with Crippen LogP contribution in [0.4, 0.5) is 0 Å². The van der Waals surface area contributed by atoms with E-state index in [0.717, 1.165) is 4.48 Å². The van der Waals surface area contributed by atoms with Gasteiger partial charge in [-0.25, -0.2) is 0 Å². The van der Waals surface area contributed by atoms with Gasteiger partial charge in [0.25, 0.3) is 0 Å². The molecule has 0 spiro atoms. The lowest BCUT2D eigenvalue weighted by Crippen LogP contribution is -2.41. The van der Waals surface area contributed by atoms with Crippen molar-refractivity contribution in [2.75, 3.05) is 33.6 Å². The van der Waals surface area contributed by atoms with Gasteiger partial charge in [0.1, 0.15) is 12.6 Å². The second-order valence-corrected chi connectivity index (χ2v) is 3.59. The predicted octanol–water partition coefficient (Wildman–Crippen LogP) is 0.115. The average molecular weight is 170 g/mol. The van der Waals surface area contributed by atoms with Gasteiger partial charge in [-0.1, -0.05) is 0 Å². The van der Waals surface area contributed by atoms with Gasteiger partial charge < -0.3 is 15.1 Å². The van der Waals surface area contributed by atoms with Crippen LogP contribution >= 0.6 is 11.6 Å². The van der Waals surface area contributed by atoms with E-state index >= 15 is 0 Å². The van der Waals surface area contributed by atoms with Crippen LogP contribution in [0, 0.1) is 0 Å². The van der Waals surface area contributed by atoms with Crippen LogP contribution in [-0.2, 0) is 0 Å². The number of hydrogen-bond acceptors (Lipinski definition) is 2. The molecule has 3 nitrogen and oxygen atoms in total. The summed E-state index contributed by atoms with van der Waals surface area (Å²) in [6, 6.07) is 0. The Labute approximate surface area is 67.1 Å². The maximum atomic E-state index is 9.05. The van der Waals surface area contributed by atoms with E-state index in [0.29, 0.717) is 12.4 Å². The second-order valence-electron chi connectivity index (χ2n) is 3.28. The highest BCUT2D eigenvalue weighted by Crippen LogP contribution is 1.95. The third-order valence-corrected chi connectivity index (χ3v) is 1.29. The summed E-state index contributed by atoms with van der Waals surface area (Å²) in [7, 11) is 6.07. The van der Waals surface area contributed by atoms with Gasteiger partial charge in [0.05, 0.1) is 27.0 Å². The molecule has 0 saturated heterocycles. The molecule has 0 fully saturated rings. The number of aliphatic hydroxyl groups excluding tert-OH is 1. The average Bonchev–Trinajstić information content (AvgIpc) is 1.62. The molecule has 64 valence electrons. The monoisotopic (exact) mass is 169 g/mol. The number of hydrogen-bond donors (Lipinski definition) is 1. The Morgan fingerprint density at radius 3 is 1.90 bits per heavy atom. The Morgan fingerprint density at radius 2 is 1.80 bits per heavy atom. The summed E-state index contributed by atoms with van der Waals surface area (Å²) in [5, 5.41) is 9.05. The van der Waals surface area contributed by atoms with Gasteiger partial charge in [0.2, 0.25) is 0 Å². The molecule has 2 N–H and O–H groups in total. The zero-order valence-electron chi connectivity index (χ0n) is 6.71. The van der Waals surface area contributed by atoms with E-state index < -0.39 is 0 Å². The van der Waals surface area contributed by atoms with Crippen molar-refractivity contribution >= 4 is 11.6 Å². The van der Waals surface area contributed by atoms with Gasteiger partial charge in [-0.05, 0) is 0 Å². The van der Waals surface area contributed by atoms with Crippen molar-refractivity contribution < 1.29 is 15.1 Å². The normalized spacial score (nSPS) is 14.1. The third kappa shape index (κ3) is 8.17. The number of nitrogens with zero attached hydrogens (tertiary/aromatic N) is 1. The first-order valence-electron chi connectivity index (χ1n) is 3.00. The van der Waals surface area contributed by atoms with Crippen molar-refractivity contribution in [1.82, 2.24) is 0 Å². The molecule has 1 atom stereocenters. The van der Waals surface area contributed by atoms with Gasteiger partial charge in [0, 0.05) is 0 Å². The van der Waals surface area contributed by atoms with Crippen molar-refractivity contribution in [3.8, 4) is 0 Å². The lowest BCUT2D eigenvalue weighted by atomic mass is 10.3. The van der Waals surface area contributed by atoms with E-state index in [1.807, 2.05) is 21.1 Å². The minimum Gasteiger partial charge on any atom is -0.870 e. The molecule has 0 rings (SSSR count). The molecule has 0 unspecified atom stereocenters.